The van der Waals surface area contributed by atoms with Crippen molar-refractivity contribution in [2.24, 2.45) is 5.16 Å². The van der Waals surface area contributed by atoms with Crippen LogP contribution in [0.15, 0.2) is 33.4 Å². The Morgan fingerprint density at radius 3 is 2.73 bits per heavy atom. The van der Waals surface area contributed by atoms with Crippen molar-refractivity contribution in [3.63, 3.8) is 0 Å². The van der Waals surface area contributed by atoms with Crippen molar-refractivity contribution in [1.29, 1.82) is 0 Å². The van der Waals surface area contributed by atoms with Gasteiger partial charge in [0.05, 0.1) is 10.4 Å². The number of rotatable bonds is 6. The van der Waals surface area contributed by atoms with Gasteiger partial charge in [-0.3, -0.25) is 14.5 Å². The molecule has 1 fully saturated rings. The number of nitrogens with zero attached hydrogens (tertiary/aromatic N) is 4. The van der Waals surface area contributed by atoms with Crippen molar-refractivity contribution < 1.29 is 55.7 Å². The fourth-order valence-corrected chi connectivity index (χ4v) is 5.85. The van der Waals surface area contributed by atoms with E-state index in [1.165, 1.54) is 28.5 Å². The van der Waals surface area contributed by atoms with E-state index < -0.39 is 34.9 Å². The zero-order valence-corrected chi connectivity index (χ0v) is 22.0. The molecule has 0 aliphatic carbocycles. The Labute approximate surface area is 227 Å². The third kappa shape index (κ3) is 4.96. The zero-order chi connectivity index (χ0) is 23.0. The first-order valence-corrected chi connectivity index (χ1v) is 11.9. The van der Waals surface area contributed by atoms with E-state index in [4.69, 9.17) is 17.3 Å². The van der Waals surface area contributed by atoms with Crippen molar-refractivity contribution in [2.75, 3.05) is 11.5 Å². The van der Waals surface area contributed by atoms with E-state index in [0.717, 1.165) is 16.2 Å². The number of hydrogen-bond donors (Lipinski definition) is 4. The van der Waals surface area contributed by atoms with Crippen LogP contribution >= 0.6 is 46.0 Å². The minimum Gasteiger partial charge on any atom is -1.00 e. The van der Waals surface area contributed by atoms with Crippen LogP contribution in [0, 0.1) is 0 Å². The van der Waals surface area contributed by atoms with Crippen LogP contribution in [0.4, 0.5) is 5.13 Å². The average Bonchev–Trinajstić information content (AvgIpc) is 3.37. The second-order valence-corrected chi connectivity index (χ2v) is 9.64. The normalized spacial score (nSPS) is 20.3. The molecule has 0 radical (unpaired) electrons. The molecule has 0 spiro atoms. The molecule has 1 unspecified atom stereocenters. The molecular formula is C17H14ClN6NaO5S3. The molecule has 11 nitrogen and oxygen atoms in total. The van der Waals surface area contributed by atoms with Crippen LogP contribution in [0.2, 0.25) is 5.15 Å². The van der Waals surface area contributed by atoms with E-state index in [9.17, 15) is 24.7 Å². The monoisotopic (exact) mass is 536 g/mol. The van der Waals surface area contributed by atoms with Crippen LogP contribution in [-0.2, 0) is 14.4 Å². The Morgan fingerprint density at radius 2 is 2.15 bits per heavy atom. The van der Waals surface area contributed by atoms with E-state index in [-0.39, 0.29) is 47.5 Å². The van der Waals surface area contributed by atoms with Gasteiger partial charge in [0, 0.05) is 11.1 Å². The number of nitrogens with one attached hydrogen (secondary N) is 1. The molecule has 1 saturated heterocycles. The Kier molecular flexibility index (Phi) is 8.21. The van der Waals surface area contributed by atoms with Crippen molar-refractivity contribution in [3.05, 3.63) is 44.0 Å². The summed E-state index contributed by atoms with van der Waals surface area (Å²) in [6.45, 7) is 0. The number of carbonyl (C=O) groups is 3. The summed E-state index contributed by atoms with van der Waals surface area (Å²) in [5.41, 5.74) is 7.03. The minimum atomic E-state index is -1.26. The number of carboxylic acid groups (broad SMARTS) is 1. The summed E-state index contributed by atoms with van der Waals surface area (Å²) < 4.78 is 0. The van der Waals surface area contributed by atoms with Crippen molar-refractivity contribution in [3.8, 4) is 0 Å². The van der Waals surface area contributed by atoms with Crippen molar-refractivity contribution >= 4 is 80.7 Å². The number of fused-ring (bicyclic) bond motifs is 1. The molecule has 2 amide bonds. The summed E-state index contributed by atoms with van der Waals surface area (Å²) in [4.78, 5) is 46.8. The van der Waals surface area contributed by atoms with Crippen LogP contribution < -0.4 is 40.6 Å². The fourth-order valence-electron chi connectivity index (χ4n) is 3.12. The Bertz CT molecular complexity index is 1220. The zero-order valence-electron chi connectivity index (χ0n) is 17.8. The number of oxime groups is 1. The first-order valence-electron chi connectivity index (χ1n) is 8.74. The van der Waals surface area contributed by atoms with E-state index in [2.05, 4.69) is 20.4 Å². The number of β-lactam (4-membered cyclic amide) rings is 1. The molecule has 0 bridgehead atoms. The van der Waals surface area contributed by atoms with Crippen LogP contribution in [0.5, 0.6) is 0 Å². The largest absolute Gasteiger partial charge is 1.00 e. The van der Waals surface area contributed by atoms with Crippen LogP contribution in [-0.4, -0.2) is 65.8 Å². The topological polar surface area (TPSA) is 171 Å². The molecule has 2 aliphatic rings. The minimum absolute atomic E-state index is 0. The molecule has 16 heteroatoms. The maximum Gasteiger partial charge on any atom is 1.00 e. The number of allylic oxidation sites excluding steroid dienone is 1. The summed E-state index contributed by atoms with van der Waals surface area (Å²) in [5, 5.41) is 25.7. The summed E-state index contributed by atoms with van der Waals surface area (Å²) in [5.74, 6) is -2.40. The molecule has 33 heavy (non-hydrogen) atoms. The first-order chi connectivity index (χ1) is 15.3. The van der Waals surface area contributed by atoms with Gasteiger partial charge in [-0.25, -0.2) is 14.8 Å². The predicted molar refractivity (Wildman–Crippen MR) is 122 cm³/mol. The van der Waals surface area contributed by atoms with Crippen molar-refractivity contribution in [1.82, 2.24) is 20.2 Å². The SMILES string of the molecule is Nc1nc(/C(=N\O)C(=O)NC2C(=O)N3C(C(=O)O)=C(/C=C/c4scnc4Cl)CS[C@H]23)cs1.[H-].[Na+]. The summed E-state index contributed by atoms with van der Waals surface area (Å²) in [6.07, 6.45) is 3.24. The van der Waals surface area contributed by atoms with Gasteiger partial charge >= 0.3 is 35.5 Å². The number of anilines is 1. The molecule has 2 atom stereocenters. The number of amides is 2. The Balaban J connectivity index is 0.00000204. The molecule has 4 rings (SSSR count). The average molecular weight is 537 g/mol. The van der Waals surface area contributed by atoms with E-state index in [0.29, 0.717) is 21.4 Å². The third-order valence-corrected chi connectivity index (χ3v) is 7.74. The number of halogens is 1. The molecule has 168 valence electrons. The van der Waals surface area contributed by atoms with Gasteiger partial charge in [0.25, 0.3) is 11.8 Å². The molecule has 2 aromatic heterocycles. The number of aliphatic carboxylic acids is 1. The number of carboxylic acids is 1. The number of nitrogens with two attached hydrogens (primary N) is 1. The number of thiazole rings is 2. The second-order valence-electron chi connectivity index (χ2n) is 6.40. The number of nitrogen functional groups attached to an aromatic ring is 1. The molecule has 2 aliphatic heterocycles. The van der Waals surface area contributed by atoms with Crippen LogP contribution in [0.25, 0.3) is 6.08 Å². The molecule has 0 aromatic carbocycles. The maximum atomic E-state index is 12.7. The maximum absolute atomic E-state index is 12.7. The Hall–Kier alpha value is -1.94. The van der Waals surface area contributed by atoms with Gasteiger partial charge in [-0.1, -0.05) is 22.8 Å². The van der Waals surface area contributed by atoms with Gasteiger partial charge in [0.1, 0.15) is 28.0 Å². The standard InChI is InChI=1S/C17H13ClN6O5S3.Na.H/c18-12-8(32-5-20-12)2-1-6-3-30-15-10(14(26)24(15)11(6)16(27)28)22-13(25)9(23-29)7-4-31-17(19)21-7;;/h1-2,4-5,10,15,29H,3H2,(H2,19,21)(H,22,25)(H,27,28);;/q;+1;-1/b2-1+,23-9+;;/t10?,15-;;/m1../s1. The van der Waals surface area contributed by atoms with Crippen LogP contribution in [0.3, 0.4) is 0 Å². The van der Waals surface area contributed by atoms with E-state index in [1.54, 1.807) is 17.7 Å². The number of carbonyl (C=O) groups excluding carboxylic acids is 2. The molecule has 4 heterocycles. The summed E-state index contributed by atoms with van der Waals surface area (Å²) in [6, 6.07) is -0.990. The van der Waals surface area contributed by atoms with Gasteiger partial charge in [0.2, 0.25) is 0 Å². The number of aromatic nitrogens is 2. The smallest absolute Gasteiger partial charge is 1.00 e. The molecule has 2 aromatic rings. The molecule has 5 N–H and O–H groups in total. The summed E-state index contributed by atoms with van der Waals surface area (Å²) >= 11 is 9.61. The van der Waals surface area contributed by atoms with Crippen molar-refractivity contribution in [2.45, 2.75) is 11.4 Å². The van der Waals surface area contributed by atoms with Crippen LogP contribution in [0.1, 0.15) is 12.0 Å². The third-order valence-electron chi connectivity index (χ3n) is 4.55. The van der Waals surface area contributed by atoms with Gasteiger partial charge < -0.3 is 22.8 Å². The Morgan fingerprint density at radius 1 is 1.39 bits per heavy atom. The van der Waals surface area contributed by atoms with Gasteiger partial charge in [-0.05, 0) is 11.6 Å². The van der Waals surface area contributed by atoms with Gasteiger partial charge in [-0.15, -0.1) is 34.4 Å². The summed E-state index contributed by atoms with van der Waals surface area (Å²) in [7, 11) is 0. The quantitative estimate of drug-likeness (QED) is 0.114. The molecule has 0 saturated carbocycles. The number of thioether (sulfide) groups is 1. The van der Waals surface area contributed by atoms with E-state index in [1.807, 2.05) is 0 Å². The van der Waals surface area contributed by atoms with Gasteiger partial charge in [-0.2, -0.15) is 0 Å². The van der Waals surface area contributed by atoms with E-state index >= 15 is 0 Å². The predicted octanol–water partition coefficient (Wildman–Crippen LogP) is -1.42. The van der Waals surface area contributed by atoms with Gasteiger partial charge in [0.15, 0.2) is 10.8 Å². The molecular weight excluding hydrogens is 523 g/mol. The number of hydrogen-bond acceptors (Lipinski definition) is 11. The fraction of sp³-hybridized carbons (Fsp3) is 0.176. The second kappa shape index (κ2) is 10.5. The first kappa shape index (κ1) is 25.7.